The lowest BCUT2D eigenvalue weighted by molar-refractivity contribution is -0.115. The molecule has 0 saturated carbocycles. The molecule has 0 radical (unpaired) electrons. The van der Waals surface area contributed by atoms with Gasteiger partial charge in [0.25, 0.3) is 0 Å². The van der Waals surface area contributed by atoms with E-state index < -0.39 is 0 Å². The van der Waals surface area contributed by atoms with E-state index in [-0.39, 0.29) is 12.9 Å². The summed E-state index contributed by atoms with van der Waals surface area (Å²) >= 11 is 0. The largest absolute Gasteiger partial charge is 0.497 e. The van der Waals surface area contributed by atoms with Crippen LogP contribution in [-0.2, 0) is 14.1 Å². The van der Waals surface area contributed by atoms with E-state index in [4.69, 9.17) is 9.31 Å². The molecule has 0 aromatic heterocycles. The van der Waals surface area contributed by atoms with Gasteiger partial charge in [-0.05, 0) is 12.8 Å². The van der Waals surface area contributed by atoms with Crippen LogP contribution in [-0.4, -0.2) is 26.1 Å². The molecule has 1 fully saturated rings. The number of carbonyl (C=O) groups excluding carboxylic acids is 1. The number of ketones is 1. The van der Waals surface area contributed by atoms with Gasteiger partial charge >= 0.3 is 7.12 Å². The summed E-state index contributed by atoms with van der Waals surface area (Å²) in [5.41, 5.74) is 0.735. The van der Waals surface area contributed by atoms with Gasteiger partial charge in [-0.25, -0.2) is 0 Å². The van der Waals surface area contributed by atoms with Crippen LogP contribution in [0.25, 0.3) is 0 Å². The lowest BCUT2D eigenvalue weighted by atomic mass is 9.72. The first-order chi connectivity index (χ1) is 5.88. The lowest BCUT2D eigenvalue weighted by Crippen LogP contribution is -2.26. The summed E-state index contributed by atoms with van der Waals surface area (Å²) in [6.07, 6.45) is 4.54. The molecule has 64 valence electrons. The summed E-state index contributed by atoms with van der Waals surface area (Å²) in [6, 6.07) is 0. The number of rotatable bonds is 1. The maximum Gasteiger partial charge on any atom is 0.497 e. The Balaban J connectivity index is 2.09. The second-order valence-electron chi connectivity index (χ2n) is 3.05. The van der Waals surface area contributed by atoms with Crippen molar-refractivity contribution < 1.29 is 14.1 Å². The van der Waals surface area contributed by atoms with Crippen LogP contribution >= 0.6 is 0 Å². The second kappa shape index (κ2) is 3.41. The van der Waals surface area contributed by atoms with Crippen molar-refractivity contribution in [1.82, 2.24) is 0 Å². The molecule has 12 heavy (non-hydrogen) atoms. The zero-order valence-corrected chi connectivity index (χ0v) is 6.91. The van der Waals surface area contributed by atoms with Gasteiger partial charge in [0.1, 0.15) is 0 Å². The van der Waals surface area contributed by atoms with Crippen molar-refractivity contribution in [1.29, 1.82) is 0 Å². The highest BCUT2D eigenvalue weighted by atomic mass is 16.6. The van der Waals surface area contributed by atoms with E-state index in [0.29, 0.717) is 19.6 Å². The fraction of sp³-hybridized carbons (Fsp3) is 0.625. The van der Waals surface area contributed by atoms with Gasteiger partial charge in [0.15, 0.2) is 5.78 Å². The van der Waals surface area contributed by atoms with Crippen LogP contribution in [0, 0.1) is 0 Å². The number of hydrogen-bond donors (Lipinski definition) is 0. The summed E-state index contributed by atoms with van der Waals surface area (Å²) in [5, 5.41) is 0. The van der Waals surface area contributed by atoms with Gasteiger partial charge in [-0.15, -0.1) is 0 Å². The molecule has 1 saturated heterocycles. The van der Waals surface area contributed by atoms with E-state index >= 15 is 0 Å². The third-order valence-corrected chi connectivity index (χ3v) is 2.17. The summed E-state index contributed by atoms with van der Waals surface area (Å²) < 4.78 is 10.5. The van der Waals surface area contributed by atoms with Crippen LogP contribution in [0.4, 0.5) is 0 Å². The van der Waals surface area contributed by atoms with Crippen LogP contribution in [0.3, 0.4) is 0 Å². The highest BCUT2D eigenvalue weighted by Gasteiger charge is 2.33. The molecule has 1 heterocycles. The van der Waals surface area contributed by atoms with E-state index in [0.717, 1.165) is 18.3 Å². The molecule has 1 aliphatic carbocycles. The molecule has 4 heteroatoms. The van der Waals surface area contributed by atoms with Crippen molar-refractivity contribution in [2.75, 3.05) is 13.2 Å². The predicted molar refractivity (Wildman–Crippen MR) is 44.6 cm³/mol. The first-order valence-electron chi connectivity index (χ1n) is 4.34. The number of hydrogen-bond acceptors (Lipinski definition) is 3. The van der Waals surface area contributed by atoms with E-state index in [1.807, 2.05) is 6.08 Å². The van der Waals surface area contributed by atoms with Gasteiger partial charge in [0, 0.05) is 11.9 Å². The molecule has 0 unspecified atom stereocenters. The monoisotopic (exact) mass is 166 g/mol. The van der Waals surface area contributed by atoms with E-state index in [1.54, 1.807) is 0 Å². The van der Waals surface area contributed by atoms with Crippen LogP contribution in [0.15, 0.2) is 11.5 Å². The van der Waals surface area contributed by atoms with E-state index in [2.05, 4.69) is 0 Å². The minimum atomic E-state index is -0.363. The summed E-state index contributed by atoms with van der Waals surface area (Å²) in [6.45, 7) is 1.21. The summed E-state index contributed by atoms with van der Waals surface area (Å²) in [7, 11) is -0.363. The molecule has 0 aromatic carbocycles. The highest BCUT2D eigenvalue weighted by molar-refractivity contribution is 6.61. The Morgan fingerprint density at radius 1 is 1.33 bits per heavy atom. The second-order valence-corrected chi connectivity index (χ2v) is 3.05. The highest BCUT2D eigenvalue weighted by Crippen LogP contribution is 2.19. The van der Waals surface area contributed by atoms with Crippen molar-refractivity contribution in [3.63, 3.8) is 0 Å². The number of allylic oxidation sites excluding steroid dienone is 2. The van der Waals surface area contributed by atoms with Gasteiger partial charge in [0.05, 0.1) is 13.2 Å². The smallest absolute Gasteiger partial charge is 0.405 e. The average molecular weight is 166 g/mol. The lowest BCUT2D eigenvalue weighted by Gasteiger charge is -2.12. The molecule has 3 nitrogen and oxygen atoms in total. The van der Waals surface area contributed by atoms with Crippen LogP contribution in [0.2, 0.25) is 0 Å². The maximum atomic E-state index is 11.4. The Hall–Kier alpha value is -0.605. The van der Waals surface area contributed by atoms with Crippen molar-refractivity contribution >= 4 is 12.9 Å². The standard InChI is InChI=1S/C8H11BO3/c10-8-4-2-1-3-7(8)9-11-5-6-12-9/h3H,1-2,4-6H2. The molecular weight excluding hydrogens is 155 g/mol. The number of carbonyl (C=O) groups is 1. The average Bonchev–Trinajstić information content (AvgIpc) is 2.57. The maximum absolute atomic E-state index is 11.4. The Morgan fingerprint density at radius 3 is 2.75 bits per heavy atom. The molecule has 0 aromatic rings. The Labute approximate surface area is 71.9 Å². The Kier molecular flexibility index (Phi) is 2.28. The predicted octanol–water partition coefficient (Wildman–Crippen LogP) is 0.740. The van der Waals surface area contributed by atoms with E-state index in [9.17, 15) is 4.79 Å². The topological polar surface area (TPSA) is 35.5 Å². The SMILES string of the molecule is O=C1CCCC=C1B1OCCO1. The van der Waals surface area contributed by atoms with Gasteiger partial charge in [-0.3, -0.25) is 4.79 Å². The van der Waals surface area contributed by atoms with E-state index in [1.165, 1.54) is 0 Å². The van der Waals surface area contributed by atoms with Crippen molar-refractivity contribution in [2.24, 2.45) is 0 Å². The van der Waals surface area contributed by atoms with Crippen molar-refractivity contribution in [3.8, 4) is 0 Å². The fourth-order valence-electron chi connectivity index (χ4n) is 1.54. The normalized spacial score (nSPS) is 24.5. The molecule has 0 amide bonds. The first-order valence-corrected chi connectivity index (χ1v) is 4.34. The van der Waals surface area contributed by atoms with Crippen LogP contribution in [0.5, 0.6) is 0 Å². The molecule has 2 rings (SSSR count). The van der Waals surface area contributed by atoms with Crippen molar-refractivity contribution in [2.45, 2.75) is 19.3 Å². The fourth-order valence-corrected chi connectivity index (χ4v) is 1.54. The van der Waals surface area contributed by atoms with Crippen molar-refractivity contribution in [3.05, 3.63) is 11.5 Å². The molecular formula is C8H11BO3. The molecule has 0 spiro atoms. The summed E-state index contributed by atoms with van der Waals surface area (Å²) in [5.74, 6) is 0.188. The third-order valence-electron chi connectivity index (χ3n) is 2.17. The first kappa shape index (κ1) is 8.01. The van der Waals surface area contributed by atoms with Gasteiger partial charge in [-0.2, -0.15) is 0 Å². The van der Waals surface area contributed by atoms with Gasteiger partial charge in [0.2, 0.25) is 0 Å². The van der Waals surface area contributed by atoms with Gasteiger partial charge < -0.3 is 9.31 Å². The minimum absolute atomic E-state index is 0.188. The minimum Gasteiger partial charge on any atom is -0.405 e. The van der Waals surface area contributed by atoms with Crippen LogP contribution < -0.4 is 0 Å². The zero-order valence-electron chi connectivity index (χ0n) is 6.91. The Bertz CT molecular complexity index is 218. The number of Topliss-reactive ketones (excluding diaryl/α,β-unsaturated/α-hetero) is 1. The molecule has 0 bridgehead atoms. The van der Waals surface area contributed by atoms with Crippen LogP contribution in [0.1, 0.15) is 19.3 Å². The molecule has 0 atom stereocenters. The Morgan fingerprint density at radius 2 is 2.08 bits per heavy atom. The molecule has 2 aliphatic rings. The molecule has 0 N–H and O–H groups in total. The quantitative estimate of drug-likeness (QED) is 0.539. The zero-order chi connectivity index (χ0) is 8.39. The summed E-state index contributed by atoms with van der Waals surface area (Å²) in [4.78, 5) is 11.4. The third kappa shape index (κ3) is 1.45. The van der Waals surface area contributed by atoms with Gasteiger partial charge in [-0.1, -0.05) is 6.08 Å². The molecule has 1 aliphatic heterocycles.